The molecule has 318 valence electrons. The monoisotopic (exact) mass is 867 g/mol. The predicted molar refractivity (Wildman–Crippen MR) is 281 cm³/mol. The van der Waals surface area contributed by atoms with Gasteiger partial charge in [0.05, 0.1) is 22.1 Å². The Labute approximate surface area is 393 Å². The molecule has 13 rings (SSSR count). The van der Waals surface area contributed by atoms with Crippen molar-refractivity contribution < 1.29 is 0 Å². The first-order valence-electron chi connectivity index (χ1n) is 23.0. The minimum atomic E-state index is 0.633. The number of aromatic nitrogens is 5. The lowest BCUT2D eigenvalue weighted by molar-refractivity contribution is 1.07. The van der Waals surface area contributed by atoms with Gasteiger partial charge in [0, 0.05) is 49.6 Å². The van der Waals surface area contributed by atoms with Crippen LogP contribution < -0.4 is 0 Å². The zero-order chi connectivity index (χ0) is 45.0. The van der Waals surface area contributed by atoms with Crippen LogP contribution in [-0.4, -0.2) is 24.1 Å². The van der Waals surface area contributed by atoms with Crippen LogP contribution in [0, 0.1) is 0 Å². The molecular weight excluding hydrogens is 827 g/mol. The Bertz CT molecular complexity index is 3920. The summed E-state index contributed by atoms with van der Waals surface area (Å²) in [5.41, 5.74) is 16.6. The van der Waals surface area contributed by atoms with E-state index in [-0.39, 0.29) is 0 Å². The molecule has 0 amide bonds. The van der Waals surface area contributed by atoms with Crippen molar-refractivity contribution in [1.29, 1.82) is 0 Å². The molecule has 3 aromatic heterocycles. The van der Waals surface area contributed by atoms with Crippen LogP contribution in [0.15, 0.2) is 249 Å². The largest absolute Gasteiger partial charge is 0.309 e. The highest BCUT2D eigenvalue weighted by molar-refractivity contribution is 6.11. The molecule has 0 aliphatic heterocycles. The number of para-hydroxylation sites is 3. The lowest BCUT2D eigenvalue weighted by Gasteiger charge is -2.13. The van der Waals surface area contributed by atoms with Crippen molar-refractivity contribution in [3.05, 3.63) is 249 Å². The Morgan fingerprint density at radius 3 is 1.01 bits per heavy atom. The highest BCUT2D eigenvalue weighted by Gasteiger charge is 2.17. The minimum absolute atomic E-state index is 0.633. The van der Waals surface area contributed by atoms with Gasteiger partial charge in [0.15, 0.2) is 17.5 Å². The molecule has 5 heteroatoms. The summed E-state index contributed by atoms with van der Waals surface area (Å²) in [6, 6.07) is 88.4. The van der Waals surface area contributed by atoms with Crippen LogP contribution in [0.4, 0.5) is 0 Å². The Morgan fingerprint density at radius 2 is 0.529 bits per heavy atom. The van der Waals surface area contributed by atoms with Crippen LogP contribution in [0.3, 0.4) is 0 Å². The fourth-order valence-electron chi connectivity index (χ4n) is 9.93. The zero-order valence-corrected chi connectivity index (χ0v) is 36.9. The lowest BCUT2D eigenvalue weighted by atomic mass is 9.97. The van der Waals surface area contributed by atoms with Crippen LogP contribution in [0.1, 0.15) is 0 Å². The van der Waals surface area contributed by atoms with Gasteiger partial charge in [-0.3, -0.25) is 0 Å². The molecule has 0 unspecified atom stereocenters. The normalized spacial score (nSPS) is 11.5. The van der Waals surface area contributed by atoms with Crippen molar-refractivity contribution in [2.45, 2.75) is 0 Å². The molecule has 0 radical (unpaired) electrons. The molecule has 13 aromatic rings. The highest BCUT2D eigenvalue weighted by Crippen LogP contribution is 2.38. The summed E-state index contributed by atoms with van der Waals surface area (Å²) in [5, 5.41) is 4.97. The smallest absolute Gasteiger partial charge is 0.164 e. The molecule has 3 heterocycles. The molecule has 0 fully saturated rings. The van der Waals surface area contributed by atoms with Crippen molar-refractivity contribution in [2.24, 2.45) is 0 Å². The van der Waals surface area contributed by atoms with Gasteiger partial charge in [0.2, 0.25) is 0 Å². The number of hydrogen-bond acceptors (Lipinski definition) is 3. The van der Waals surface area contributed by atoms with E-state index in [2.05, 4.69) is 197 Å². The number of benzene rings is 10. The third-order valence-corrected chi connectivity index (χ3v) is 13.1. The van der Waals surface area contributed by atoms with Gasteiger partial charge < -0.3 is 9.13 Å². The molecule has 0 saturated carbocycles. The third kappa shape index (κ3) is 6.84. The first kappa shape index (κ1) is 39.2. The van der Waals surface area contributed by atoms with Gasteiger partial charge in [-0.15, -0.1) is 0 Å². The summed E-state index contributed by atoms with van der Waals surface area (Å²) < 4.78 is 4.81. The van der Waals surface area contributed by atoms with Crippen LogP contribution in [0.25, 0.3) is 123 Å². The maximum Gasteiger partial charge on any atom is 0.164 e. The molecular formula is C63H41N5. The van der Waals surface area contributed by atoms with E-state index in [0.717, 1.165) is 55.8 Å². The molecule has 0 aliphatic carbocycles. The molecule has 10 aromatic carbocycles. The average Bonchev–Trinajstić information content (AvgIpc) is 3.94. The van der Waals surface area contributed by atoms with Crippen molar-refractivity contribution in [2.75, 3.05) is 0 Å². The molecule has 0 N–H and O–H groups in total. The second-order valence-corrected chi connectivity index (χ2v) is 17.3. The van der Waals surface area contributed by atoms with Crippen molar-refractivity contribution in [1.82, 2.24) is 24.1 Å². The van der Waals surface area contributed by atoms with Crippen molar-refractivity contribution in [3.63, 3.8) is 0 Å². The van der Waals surface area contributed by atoms with Crippen LogP contribution >= 0.6 is 0 Å². The molecule has 68 heavy (non-hydrogen) atoms. The van der Waals surface area contributed by atoms with Gasteiger partial charge in [-0.2, -0.15) is 0 Å². The van der Waals surface area contributed by atoms with Crippen LogP contribution in [0.5, 0.6) is 0 Å². The maximum absolute atomic E-state index is 5.01. The van der Waals surface area contributed by atoms with Gasteiger partial charge in [-0.05, 0) is 94.0 Å². The number of fused-ring (bicyclic) bond motifs is 6. The fraction of sp³-hybridized carbons (Fsp3) is 0. The standard InChI is InChI=1S/C63H41N5/c1-3-17-42(18-4-1)61-64-62(43-19-5-2-6-20-43)66-63(65-61)50-26-14-23-46(38-50)44-21-13-22-45(37-44)47-24-15-28-52(39-47)68-59-34-12-9-31-55(59)56-36-35-49(41-60(56)68)48-25-16-27-51(40-48)67-57-32-10-7-29-53(57)54-30-8-11-33-58(54)67/h1-41H. The summed E-state index contributed by atoms with van der Waals surface area (Å²) in [7, 11) is 0. The Morgan fingerprint density at radius 1 is 0.206 bits per heavy atom. The average molecular weight is 868 g/mol. The van der Waals surface area contributed by atoms with E-state index in [1.807, 2.05) is 60.7 Å². The van der Waals surface area contributed by atoms with Gasteiger partial charge in [0.1, 0.15) is 0 Å². The fourth-order valence-corrected chi connectivity index (χ4v) is 9.93. The van der Waals surface area contributed by atoms with E-state index < -0.39 is 0 Å². The Balaban J connectivity index is 0.875. The first-order chi connectivity index (χ1) is 33.7. The lowest BCUT2D eigenvalue weighted by Crippen LogP contribution is -2.00. The molecule has 0 atom stereocenters. The number of hydrogen-bond donors (Lipinski definition) is 0. The first-order valence-corrected chi connectivity index (χ1v) is 23.0. The van der Waals surface area contributed by atoms with E-state index in [0.29, 0.717) is 17.5 Å². The van der Waals surface area contributed by atoms with Crippen LogP contribution in [-0.2, 0) is 0 Å². The summed E-state index contributed by atoms with van der Waals surface area (Å²) in [6.07, 6.45) is 0. The minimum Gasteiger partial charge on any atom is -0.309 e. The second kappa shape index (κ2) is 16.4. The quantitative estimate of drug-likeness (QED) is 0.153. The number of nitrogens with zero attached hydrogens (tertiary/aromatic N) is 5. The Kier molecular flexibility index (Phi) is 9.43. The maximum atomic E-state index is 5.01. The summed E-state index contributed by atoms with van der Waals surface area (Å²) >= 11 is 0. The summed E-state index contributed by atoms with van der Waals surface area (Å²) in [5.74, 6) is 1.92. The van der Waals surface area contributed by atoms with Gasteiger partial charge >= 0.3 is 0 Å². The second-order valence-electron chi connectivity index (χ2n) is 17.3. The van der Waals surface area contributed by atoms with Crippen LogP contribution in [0.2, 0.25) is 0 Å². The van der Waals surface area contributed by atoms with Crippen molar-refractivity contribution in [3.8, 4) is 78.9 Å². The predicted octanol–water partition coefficient (Wildman–Crippen LogP) is 16.1. The van der Waals surface area contributed by atoms with Gasteiger partial charge in [-0.25, -0.2) is 15.0 Å². The molecule has 0 saturated heterocycles. The zero-order valence-electron chi connectivity index (χ0n) is 36.9. The molecule has 5 nitrogen and oxygen atoms in total. The number of rotatable bonds is 8. The highest BCUT2D eigenvalue weighted by atomic mass is 15.0. The van der Waals surface area contributed by atoms with Gasteiger partial charge in [-0.1, -0.05) is 188 Å². The molecule has 0 aliphatic rings. The Hall–Kier alpha value is -9.19. The van der Waals surface area contributed by atoms with Gasteiger partial charge in [0.25, 0.3) is 0 Å². The van der Waals surface area contributed by atoms with E-state index in [1.54, 1.807) is 0 Å². The SMILES string of the molecule is c1ccc(-c2nc(-c3ccccc3)nc(-c3cccc(-c4cccc(-c5cccc(-n6c7ccccc7c7ccc(-c8cccc(-n9c%10ccccc%10c%10ccccc%109)c8)cc76)c5)c4)c3)n2)cc1. The van der Waals surface area contributed by atoms with E-state index >= 15 is 0 Å². The summed E-state index contributed by atoms with van der Waals surface area (Å²) in [4.78, 5) is 14.9. The molecule has 0 spiro atoms. The van der Waals surface area contributed by atoms with E-state index in [4.69, 9.17) is 15.0 Å². The summed E-state index contributed by atoms with van der Waals surface area (Å²) in [6.45, 7) is 0. The topological polar surface area (TPSA) is 48.5 Å². The van der Waals surface area contributed by atoms with Crippen molar-refractivity contribution >= 4 is 43.6 Å². The van der Waals surface area contributed by atoms with E-state index in [1.165, 1.54) is 49.2 Å². The van der Waals surface area contributed by atoms with E-state index in [9.17, 15) is 0 Å². The molecule has 0 bridgehead atoms. The third-order valence-electron chi connectivity index (χ3n) is 13.1.